The lowest BCUT2D eigenvalue weighted by Crippen LogP contribution is -2.34. The van der Waals surface area contributed by atoms with Gasteiger partial charge in [-0.15, -0.1) is 5.10 Å². The van der Waals surface area contributed by atoms with Crippen molar-refractivity contribution in [1.82, 2.24) is 25.1 Å². The summed E-state index contributed by atoms with van der Waals surface area (Å²) in [6.07, 6.45) is 14.9. The van der Waals surface area contributed by atoms with E-state index < -0.39 is 0 Å². The van der Waals surface area contributed by atoms with Crippen LogP contribution in [0.25, 0.3) is 5.69 Å². The molecule has 2 aromatic rings. The van der Waals surface area contributed by atoms with Crippen molar-refractivity contribution >= 4 is 0 Å². The van der Waals surface area contributed by atoms with Gasteiger partial charge >= 0.3 is 0 Å². The van der Waals surface area contributed by atoms with Gasteiger partial charge in [0.25, 0.3) is 0 Å². The highest BCUT2D eigenvalue weighted by molar-refractivity contribution is 5.53. The molecule has 2 atom stereocenters. The maximum atomic E-state index is 4.74. The Morgan fingerprint density at radius 3 is 2.43 bits per heavy atom. The number of rotatable bonds is 6. The third-order valence-corrected chi connectivity index (χ3v) is 9.19. The fraction of sp³-hybridized carbons (Fsp3) is 0.633. The molecule has 2 heterocycles. The van der Waals surface area contributed by atoms with Crippen LogP contribution in [0.4, 0.5) is 0 Å². The Bertz CT molecular complexity index is 1100. The summed E-state index contributed by atoms with van der Waals surface area (Å²) in [4.78, 5) is 2.67. The van der Waals surface area contributed by atoms with Crippen LogP contribution in [-0.2, 0) is 5.41 Å². The lowest BCUT2D eigenvalue weighted by atomic mass is 9.64. The van der Waals surface area contributed by atoms with Crippen LogP contribution in [0, 0.1) is 19.8 Å². The number of benzene rings is 1. The fourth-order valence-corrected chi connectivity index (χ4v) is 6.78. The zero-order valence-electron chi connectivity index (χ0n) is 22.3. The van der Waals surface area contributed by atoms with Crippen LogP contribution in [0.5, 0.6) is 0 Å². The molecule has 5 heteroatoms. The standard InChI is InChI=1S/C30H43N5/c1-21(2)24-12-14-25(15-13-24)28(34-19-8-6-7-9-20-34)29-31-32-33-35(29)27-22(3)11-16-26(23(27)4)30(5)17-10-18-30/h11,14,16,24,28H,1,6-10,12-13,15,17-20H2,2-5H3. The van der Waals surface area contributed by atoms with E-state index in [0.29, 0.717) is 5.92 Å². The highest BCUT2D eigenvalue weighted by Gasteiger charge is 2.37. The second-order valence-corrected chi connectivity index (χ2v) is 11.7. The smallest absolute Gasteiger partial charge is 0.177 e. The summed E-state index contributed by atoms with van der Waals surface area (Å²) in [5, 5.41) is 13.7. The first-order valence-corrected chi connectivity index (χ1v) is 13.9. The number of tetrazole rings is 1. The van der Waals surface area contributed by atoms with Gasteiger partial charge in [0.05, 0.1) is 11.7 Å². The Hall–Kier alpha value is -2.27. The largest absolute Gasteiger partial charge is 0.290 e. The summed E-state index contributed by atoms with van der Waals surface area (Å²) in [6.45, 7) is 15.6. The number of likely N-dealkylation sites (tertiary alicyclic amines) is 1. The van der Waals surface area contributed by atoms with Crippen molar-refractivity contribution in [1.29, 1.82) is 0 Å². The number of allylic oxidation sites excluding steroid dienone is 2. The van der Waals surface area contributed by atoms with E-state index in [9.17, 15) is 0 Å². The minimum atomic E-state index is 0.149. The summed E-state index contributed by atoms with van der Waals surface area (Å²) in [7, 11) is 0. The Balaban J connectivity index is 1.58. The van der Waals surface area contributed by atoms with Crippen molar-refractivity contribution in [3.8, 4) is 5.69 Å². The fourth-order valence-electron chi connectivity index (χ4n) is 6.78. The summed E-state index contributed by atoms with van der Waals surface area (Å²) in [6, 6.07) is 4.78. The lowest BCUT2D eigenvalue weighted by molar-refractivity contribution is 0.214. The van der Waals surface area contributed by atoms with Crippen LogP contribution < -0.4 is 0 Å². The molecular formula is C30H43N5. The molecule has 188 valence electrons. The predicted octanol–water partition coefficient (Wildman–Crippen LogP) is 6.94. The molecule has 0 radical (unpaired) electrons. The van der Waals surface area contributed by atoms with Gasteiger partial charge in [0.15, 0.2) is 5.82 Å². The maximum absolute atomic E-state index is 4.74. The molecule has 1 aliphatic heterocycles. The molecule has 0 spiro atoms. The maximum Gasteiger partial charge on any atom is 0.177 e. The van der Waals surface area contributed by atoms with Gasteiger partial charge in [0, 0.05) is 0 Å². The van der Waals surface area contributed by atoms with Crippen molar-refractivity contribution in [2.45, 2.75) is 103 Å². The molecule has 0 N–H and O–H groups in total. The third kappa shape index (κ3) is 4.64. The molecule has 1 saturated carbocycles. The molecule has 3 aliphatic rings. The van der Waals surface area contributed by atoms with Gasteiger partial charge in [-0.2, -0.15) is 4.68 Å². The van der Waals surface area contributed by atoms with E-state index in [4.69, 9.17) is 5.10 Å². The molecule has 0 bridgehead atoms. The monoisotopic (exact) mass is 473 g/mol. The van der Waals surface area contributed by atoms with Crippen LogP contribution in [0.1, 0.15) is 107 Å². The summed E-state index contributed by atoms with van der Waals surface area (Å²) in [5.41, 5.74) is 8.34. The van der Waals surface area contributed by atoms with Gasteiger partial charge in [-0.05, 0) is 123 Å². The van der Waals surface area contributed by atoms with Gasteiger partial charge in [-0.3, -0.25) is 4.90 Å². The molecule has 5 rings (SSSR count). The molecule has 2 unspecified atom stereocenters. The number of hydrogen-bond acceptors (Lipinski definition) is 4. The molecule has 35 heavy (non-hydrogen) atoms. The summed E-state index contributed by atoms with van der Waals surface area (Å²) >= 11 is 0. The van der Waals surface area contributed by atoms with Gasteiger partial charge < -0.3 is 0 Å². The summed E-state index contributed by atoms with van der Waals surface area (Å²) < 4.78 is 2.09. The second-order valence-electron chi connectivity index (χ2n) is 11.7. The van der Waals surface area contributed by atoms with E-state index in [1.165, 1.54) is 84.9 Å². The highest BCUT2D eigenvalue weighted by atomic mass is 15.6. The molecule has 1 saturated heterocycles. The van der Waals surface area contributed by atoms with Crippen molar-refractivity contribution in [2.75, 3.05) is 13.1 Å². The van der Waals surface area contributed by atoms with Gasteiger partial charge in [-0.1, -0.05) is 56.5 Å². The van der Waals surface area contributed by atoms with Gasteiger partial charge in [-0.25, -0.2) is 0 Å². The second kappa shape index (κ2) is 10.0. The van der Waals surface area contributed by atoms with E-state index in [1.54, 1.807) is 0 Å². The minimum Gasteiger partial charge on any atom is -0.290 e. The van der Waals surface area contributed by atoms with Crippen LogP contribution in [0.15, 0.2) is 35.9 Å². The average molecular weight is 474 g/mol. The van der Waals surface area contributed by atoms with Crippen LogP contribution in [0.3, 0.4) is 0 Å². The number of aromatic nitrogens is 4. The van der Waals surface area contributed by atoms with Crippen molar-refractivity contribution in [3.05, 3.63) is 58.4 Å². The third-order valence-electron chi connectivity index (χ3n) is 9.19. The van der Waals surface area contributed by atoms with Crippen LogP contribution in [-0.4, -0.2) is 38.2 Å². The Morgan fingerprint density at radius 2 is 1.83 bits per heavy atom. The topological polar surface area (TPSA) is 46.8 Å². The van der Waals surface area contributed by atoms with Crippen molar-refractivity contribution in [2.24, 2.45) is 5.92 Å². The Labute approximate surface area is 211 Å². The first-order valence-electron chi connectivity index (χ1n) is 13.9. The quantitative estimate of drug-likeness (QED) is 0.426. The summed E-state index contributed by atoms with van der Waals surface area (Å²) in [5.74, 6) is 1.60. The Kier molecular flexibility index (Phi) is 6.98. The molecule has 1 aromatic carbocycles. The Morgan fingerprint density at radius 1 is 1.09 bits per heavy atom. The zero-order valence-corrected chi connectivity index (χ0v) is 22.3. The SMILES string of the molecule is C=C(C)C1CC=C(C(c2nnnn2-c2c(C)ccc(C3(C)CCC3)c2C)N2CCCCCC2)CC1. The first-order chi connectivity index (χ1) is 16.9. The van der Waals surface area contributed by atoms with E-state index >= 15 is 0 Å². The molecular weight excluding hydrogens is 430 g/mol. The van der Waals surface area contributed by atoms with E-state index in [1.807, 2.05) is 0 Å². The van der Waals surface area contributed by atoms with Crippen LogP contribution >= 0.6 is 0 Å². The predicted molar refractivity (Wildman–Crippen MR) is 143 cm³/mol. The van der Waals surface area contributed by atoms with Crippen molar-refractivity contribution < 1.29 is 0 Å². The van der Waals surface area contributed by atoms with Gasteiger partial charge in [0.2, 0.25) is 0 Å². The van der Waals surface area contributed by atoms with E-state index in [-0.39, 0.29) is 11.5 Å². The van der Waals surface area contributed by atoms with Crippen LogP contribution in [0.2, 0.25) is 0 Å². The number of aryl methyl sites for hydroxylation is 1. The van der Waals surface area contributed by atoms with E-state index in [2.05, 4.69) is 72.5 Å². The molecule has 5 nitrogen and oxygen atoms in total. The zero-order chi connectivity index (χ0) is 24.6. The molecule has 2 fully saturated rings. The highest BCUT2D eigenvalue weighted by Crippen LogP contribution is 2.46. The molecule has 2 aliphatic carbocycles. The van der Waals surface area contributed by atoms with Gasteiger partial charge in [0.1, 0.15) is 0 Å². The van der Waals surface area contributed by atoms with Crippen molar-refractivity contribution in [3.63, 3.8) is 0 Å². The number of nitrogens with zero attached hydrogens (tertiary/aromatic N) is 5. The van der Waals surface area contributed by atoms with E-state index in [0.717, 1.165) is 31.8 Å². The molecule has 1 aromatic heterocycles. The normalized spacial score (nSPS) is 23.8. The number of hydrogen-bond donors (Lipinski definition) is 0. The minimum absolute atomic E-state index is 0.149. The first kappa shape index (κ1) is 24.4. The average Bonchev–Trinajstić information content (AvgIpc) is 3.12. The molecule has 0 amide bonds. The lowest BCUT2D eigenvalue weighted by Gasteiger charge is -2.40.